The quantitative estimate of drug-likeness (QED) is 0.653. The standard InChI is InChI=1S/C18H24O/c1-2-3-4-5-6-7-10-15-13-14-18(19)17-12-9-8-11-16(15)17/h8-9,11-14,19H,2-7,10H2,1H3. The van der Waals surface area contributed by atoms with Crippen LogP contribution in [0.3, 0.4) is 0 Å². The van der Waals surface area contributed by atoms with Crippen LogP contribution in [0.4, 0.5) is 0 Å². The Balaban J connectivity index is 1.96. The van der Waals surface area contributed by atoms with E-state index in [9.17, 15) is 5.11 Å². The lowest BCUT2D eigenvalue weighted by Gasteiger charge is -2.08. The van der Waals surface area contributed by atoms with Crippen molar-refractivity contribution >= 4 is 10.8 Å². The van der Waals surface area contributed by atoms with Crippen molar-refractivity contribution < 1.29 is 5.11 Å². The molecule has 19 heavy (non-hydrogen) atoms. The molecule has 2 aromatic carbocycles. The van der Waals surface area contributed by atoms with Crippen LogP contribution in [0.2, 0.25) is 0 Å². The zero-order valence-electron chi connectivity index (χ0n) is 11.9. The maximum absolute atomic E-state index is 9.86. The van der Waals surface area contributed by atoms with E-state index >= 15 is 0 Å². The molecule has 0 aliphatic rings. The van der Waals surface area contributed by atoms with Gasteiger partial charge in [-0.05, 0) is 29.9 Å². The van der Waals surface area contributed by atoms with Gasteiger partial charge in [-0.25, -0.2) is 0 Å². The minimum atomic E-state index is 0.391. The number of phenols is 1. The summed E-state index contributed by atoms with van der Waals surface area (Å²) < 4.78 is 0. The lowest BCUT2D eigenvalue weighted by molar-refractivity contribution is 0.481. The van der Waals surface area contributed by atoms with E-state index in [1.165, 1.54) is 49.5 Å². The second kappa shape index (κ2) is 7.18. The summed E-state index contributed by atoms with van der Waals surface area (Å²) in [6.45, 7) is 2.25. The number of fused-ring (bicyclic) bond motifs is 1. The number of aryl methyl sites for hydroxylation is 1. The van der Waals surface area contributed by atoms with Gasteiger partial charge in [0.2, 0.25) is 0 Å². The molecule has 0 aliphatic carbocycles. The van der Waals surface area contributed by atoms with Crippen molar-refractivity contribution in [3.63, 3.8) is 0 Å². The summed E-state index contributed by atoms with van der Waals surface area (Å²) >= 11 is 0. The zero-order valence-corrected chi connectivity index (χ0v) is 11.9. The highest BCUT2D eigenvalue weighted by Gasteiger charge is 2.04. The number of hydrogen-bond donors (Lipinski definition) is 1. The van der Waals surface area contributed by atoms with E-state index in [0.717, 1.165) is 11.8 Å². The molecular formula is C18H24O. The molecule has 0 saturated carbocycles. The second-order valence-corrected chi connectivity index (χ2v) is 5.31. The highest BCUT2D eigenvalue weighted by Crippen LogP contribution is 2.28. The first kappa shape index (κ1) is 13.9. The monoisotopic (exact) mass is 256 g/mol. The first-order valence-corrected chi connectivity index (χ1v) is 7.52. The van der Waals surface area contributed by atoms with Crippen LogP contribution >= 0.6 is 0 Å². The molecule has 0 saturated heterocycles. The van der Waals surface area contributed by atoms with Gasteiger partial charge in [0.15, 0.2) is 0 Å². The zero-order chi connectivity index (χ0) is 13.5. The number of benzene rings is 2. The molecule has 0 heterocycles. The first-order chi connectivity index (χ1) is 9.33. The molecule has 0 amide bonds. The number of phenolic OH excluding ortho intramolecular Hbond substituents is 1. The van der Waals surface area contributed by atoms with Crippen LogP contribution in [0, 0.1) is 0 Å². The molecule has 2 aromatic rings. The van der Waals surface area contributed by atoms with Gasteiger partial charge < -0.3 is 5.11 Å². The topological polar surface area (TPSA) is 20.2 Å². The summed E-state index contributed by atoms with van der Waals surface area (Å²) in [5.41, 5.74) is 1.36. The van der Waals surface area contributed by atoms with Gasteiger partial charge >= 0.3 is 0 Å². The van der Waals surface area contributed by atoms with Crippen LogP contribution in [0.25, 0.3) is 10.8 Å². The smallest absolute Gasteiger partial charge is 0.123 e. The summed E-state index contributed by atoms with van der Waals surface area (Å²) in [5.74, 6) is 0.391. The van der Waals surface area contributed by atoms with Crippen molar-refractivity contribution in [3.05, 3.63) is 42.0 Å². The second-order valence-electron chi connectivity index (χ2n) is 5.31. The molecule has 0 fully saturated rings. The Labute approximate surface area is 116 Å². The average molecular weight is 256 g/mol. The first-order valence-electron chi connectivity index (χ1n) is 7.52. The Morgan fingerprint density at radius 2 is 1.47 bits per heavy atom. The van der Waals surface area contributed by atoms with Crippen LogP contribution < -0.4 is 0 Å². The molecule has 1 N–H and O–H groups in total. The largest absolute Gasteiger partial charge is 0.507 e. The minimum Gasteiger partial charge on any atom is -0.507 e. The van der Waals surface area contributed by atoms with Gasteiger partial charge in [0.25, 0.3) is 0 Å². The fraction of sp³-hybridized carbons (Fsp3) is 0.444. The van der Waals surface area contributed by atoms with Gasteiger partial charge in [0.05, 0.1) is 0 Å². The van der Waals surface area contributed by atoms with Gasteiger partial charge in [0.1, 0.15) is 5.75 Å². The highest BCUT2D eigenvalue weighted by molar-refractivity contribution is 5.90. The van der Waals surface area contributed by atoms with Crippen molar-refractivity contribution in [1.82, 2.24) is 0 Å². The predicted octanol–water partition coefficient (Wildman–Crippen LogP) is 5.45. The molecule has 0 unspecified atom stereocenters. The van der Waals surface area contributed by atoms with Crippen LogP contribution in [-0.2, 0) is 6.42 Å². The van der Waals surface area contributed by atoms with Gasteiger partial charge in [-0.3, -0.25) is 0 Å². The third-order valence-electron chi connectivity index (χ3n) is 3.79. The van der Waals surface area contributed by atoms with E-state index < -0.39 is 0 Å². The Hall–Kier alpha value is -1.50. The molecular weight excluding hydrogens is 232 g/mol. The van der Waals surface area contributed by atoms with Gasteiger partial charge in [0, 0.05) is 5.39 Å². The van der Waals surface area contributed by atoms with Crippen molar-refractivity contribution in [1.29, 1.82) is 0 Å². The molecule has 0 aromatic heterocycles. The van der Waals surface area contributed by atoms with Crippen LogP contribution in [0.5, 0.6) is 5.75 Å². The van der Waals surface area contributed by atoms with Crippen molar-refractivity contribution in [3.8, 4) is 5.75 Å². The van der Waals surface area contributed by atoms with Crippen molar-refractivity contribution in [2.75, 3.05) is 0 Å². The van der Waals surface area contributed by atoms with Crippen LogP contribution in [0.15, 0.2) is 36.4 Å². The molecule has 0 spiro atoms. The highest BCUT2D eigenvalue weighted by atomic mass is 16.3. The number of hydrogen-bond acceptors (Lipinski definition) is 1. The Bertz CT molecular complexity index is 516. The SMILES string of the molecule is CCCCCCCCc1ccc(O)c2ccccc12. The predicted molar refractivity (Wildman–Crippen MR) is 82.7 cm³/mol. The lowest BCUT2D eigenvalue weighted by atomic mass is 9.98. The summed E-state index contributed by atoms with van der Waals surface area (Å²) in [5, 5.41) is 12.0. The molecule has 102 valence electrons. The molecule has 0 radical (unpaired) electrons. The lowest BCUT2D eigenvalue weighted by Crippen LogP contribution is -1.89. The van der Waals surface area contributed by atoms with E-state index in [-0.39, 0.29) is 0 Å². The average Bonchev–Trinajstić information content (AvgIpc) is 2.45. The number of rotatable bonds is 7. The molecule has 0 atom stereocenters. The normalized spacial score (nSPS) is 11.0. The van der Waals surface area contributed by atoms with E-state index in [2.05, 4.69) is 19.1 Å². The van der Waals surface area contributed by atoms with Crippen molar-refractivity contribution in [2.24, 2.45) is 0 Å². The molecule has 1 nitrogen and oxygen atoms in total. The summed E-state index contributed by atoms with van der Waals surface area (Å²) in [4.78, 5) is 0. The maximum Gasteiger partial charge on any atom is 0.123 e. The van der Waals surface area contributed by atoms with Crippen LogP contribution in [-0.4, -0.2) is 5.11 Å². The third kappa shape index (κ3) is 3.73. The van der Waals surface area contributed by atoms with E-state index in [4.69, 9.17) is 0 Å². The van der Waals surface area contributed by atoms with Gasteiger partial charge in [-0.1, -0.05) is 69.4 Å². The minimum absolute atomic E-state index is 0.391. The Kier molecular flexibility index (Phi) is 5.26. The fourth-order valence-electron chi connectivity index (χ4n) is 2.66. The van der Waals surface area contributed by atoms with Gasteiger partial charge in [-0.15, -0.1) is 0 Å². The molecule has 0 aliphatic heterocycles. The summed E-state index contributed by atoms with van der Waals surface area (Å²) in [6, 6.07) is 12.0. The third-order valence-corrected chi connectivity index (χ3v) is 3.79. The van der Waals surface area contributed by atoms with Crippen molar-refractivity contribution in [2.45, 2.75) is 51.9 Å². The maximum atomic E-state index is 9.86. The molecule has 2 rings (SSSR count). The van der Waals surface area contributed by atoms with E-state index in [0.29, 0.717) is 5.75 Å². The fourth-order valence-corrected chi connectivity index (χ4v) is 2.66. The van der Waals surface area contributed by atoms with E-state index in [1.807, 2.05) is 24.3 Å². The molecule has 0 bridgehead atoms. The van der Waals surface area contributed by atoms with E-state index in [1.54, 1.807) is 0 Å². The van der Waals surface area contributed by atoms with Gasteiger partial charge in [-0.2, -0.15) is 0 Å². The number of aromatic hydroxyl groups is 1. The summed E-state index contributed by atoms with van der Waals surface area (Å²) in [7, 11) is 0. The Morgan fingerprint density at radius 3 is 2.26 bits per heavy atom. The molecule has 1 heteroatoms. The number of unbranched alkanes of at least 4 members (excludes halogenated alkanes) is 5. The Morgan fingerprint density at radius 1 is 0.789 bits per heavy atom. The van der Waals surface area contributed by atoms with Crippen LogP contribution in [0.1, 0.15) is 51.0 Å². The summed E-state index contributed by atoms with van der Waals surface area (Å²) in [6.07, 6.45) is 9.07.